The number of hydrogen-bond acceptors (Lipinski definition) is 6. The molecule has 0 spiro atoms. The molecule has 0 radical (unpaired) electrons. The van der Waals surface area contributed by atoms with Crippen LogP contribution >= 0.6 is 0 Å². The number of isocyanates is 2. The van der Waals surface area contributed by atoms with Crippen LogP contribution in [-0.4, -0.2) is 12.2 Å². The van der Waals surface area contributed by atoms with Crippen LogP contribution in [0.25, 0.3) is 0 Å². The highest BCUT2D eigenvalue weighted by Crippen LogP contribution is 1.27. The Labute approximate surface area is 56.3 Å². The van der Waals surface area contributed by atoms with Crippen molar-refractivity contribution in [2.45, 2.75) is 0 Å². The number of carbonyl (C=O) groups excluding carboxylic acids is 2. The van der Waals surface area contributed by atoms with E-state index >= 15 is 0 Å². The first-order chi connectivity index (χ1) is 4.74. The third-order valence-electron chi connectivity index (χ3n) is 0.0500. The van der Waals surface area contributed by atoms with E-state index in [9.17, 15) is 0 Å². The van der Waals surface area contributed by atoms with Gasteiger partial charge < -0.3 is 0 Å². The van der Waals surface area contributed by atoms with Gasteiger partial charge in [-0.3, -0.25) is 0 Å². The fourth-order valence-electron chi connectivity index (χ4n) is 0. The average molecular weight is 138 g/mol. The third-order valence-corrected chi connectivity index (χ3v) is 0.0500. The molecule has 0 aromatic carbocycles. The van der Waals surface area contributed by atoms with E-state index in [1.165, 1.54) is 12.1 Å². The highest BCUT2D eigenvalue weighted by Gasteiger charge is 1.39. The minimum atomic E-state index is 0.750. The van der Waals surface area contributed by atoms with Crippen molar-refractivity contribution < 1.29 is 9.59 Å². The van der Waals surface area contributed by atoms with Gasteiger partial charge in [-0.2, -0.15) is 10.5 Å². The maximum Gasteiger partial charge on any atom is 0.231 e. The highest BCUT2D eigenvalue weighted by atomic mass is 16.1. The number of rotatable bonds is 0. The molecular formula is C4H2N4O2. The molecule has 0 saturated carbocycles. The maximum atomic E-state index is 8.35. The smallest absolute Gasteiger partial charge is 0.222 e. The lowest BCUT2D eigenvalue weighted by Crippen LogP contribution is -1.26. The van der Waals surface area contributed by atoms with Crippen molar-refractivity contribution in [3.8, 4) is 12.1 Å². The second-order valence-electron chi connectivity index (χ2n) is 0.428. The van der Waals surface area contributed by atoms with E-state index in [0.29, 0.717) is 0 Å². The van der Waals surface area contributed by atoms with E-state index in [1.807, 2.05) is 0 Å². The molecule has 10 heavy (non-hydrogen) atoms. The van der Waals surface area contributed by atoms with Crippen molar-refractivity contribution >= 4 is 12.2 Å². The van der Waals surface area contributed by atoms with Gasteiger partial charge in [0, 0.05) is 0 Å². The van der Waals surface area contributed by atoms with Crippen molar-refractivity contribution in [2.75, 3.05) is 0 Å². The fraction of sp³-hybridized carbons (Fsp3) is 0. The summed E-state index contributed by atoms with van der Waals surface area (Å²) in [6, 6.07) is 2.47. The predicted octanol–water partition coefficient (Wildman–Crippen LogP) is -0.164. The van der Waals surface area contributed by atoms with Gasteiger partial charge in [-0.1, -0.05) is 0 Å². The van der Waals surface area contributed by atoms with Gasteiger partial charge in [0.1, 0.15) is 0 Å². The van der Waals surface area contributed by atoms with Crippen LogP contribution in [0.4, 0.5) is 0 Å². The fourth-order valence-corrected chi connectivity index (χ4v) is 0. The Hall–Kier alpha value is -2.26. The molecule has 50 valence electrons. The molecule has 0 rings (SSSR count). The zero-order valence-corrected chi connectivity index (χ0v) is 4.71. The van der Waals surface area contributed by atoms with E-state index < -0.39 is 0 Å². The Morgan fingerprint density at radius 2 is 1.00 bits per heavy atom. The van der Waals surface area contributed by atoms with Gasteiger partial charge in [-0.25, -0.2) is 20.4 Å². The molecule has 0 aromatic rings. The Balaban J connectivity index is -0.0000000750. The molecular weight excluding hydrogens is 136 g/mol. The van der Waals surface area contributed by atoms with Crippen LogP contribution in [0.1, 0.15) is 0 Å². The molecule has 0 fully saturated rings. The topological polar surface area (TPSA) is 129 Å². The number of nitrogens with zero attached hydrogens (tertiary/aromatic N) is 2. The molecule has 6 nitrogen and oxygen atoms in total. The van der Waals surface area contributed by atoms with Crippen LogP contribution in [0.5, 0.6) is 0 Å². The molecule has 0 amide bonds. The van der Waals surface area contributed by atoms with Crippen LogP contribution in [-0.2, 0) is 9.59 Å². The number of hydrogen-bond donors (Lipinski definition) is 2. The van der Waals surface area contributed by atoms with Crippen molar-refractivity contribution in [1.82, 2.24) is 0 Å². The molecule has 2 N–H and O–H groups in total. The molecule has 0 heterocycles. The second kappa shape index (κ2) is 73.3. The minimum Gasteiger partial charge on any atom is -0.222 e. The van der Waals surface area contributed by atoms with E-state index in [0.717, 1.165) is 12.2 Å². The first kappa shape index (κ1) is 15.6. The predicted molar refractivity (Wildman–Crippen MR) is 28.1 cm³/mol. The third kappa shape index (κ3) is 81.2. The Morgan fingerprint density at radius 3 is 1.00 bits per heavy atom. The van der Waals surface area contributed by atoms with Crippen molar-refractivity contribution in [3.05, 3.63) is 0 Å². The van der Waals surface area contributed by atoms with Gasteiger partial charge in [0.05, 0.1) is 0 Å². The zero-order chi connectivity index (χ0) is 8.83. The van der Waals surface area contributed by atoms with Crippen LogP contribution in [0, 0.1) is 33.5 Å². The molecule has 0 saturated heterocycles. The van der Waals surface area contributed by atoms with Gasteiger partial charge >= 0.3 is 0 Å². The van der Waals surface area contributed by atoms with Gasteiger partial charge in [-0.05, 0) is 0 Å². The van der Waals surface area contributed by atoms with E-state index in [4.69, 9.17) is 30.9 Å². The molecule has 0 aliphatic heterocycles. The number of nitrogens with one attached hydrogen (secondary N) is 2. The zero-order valence-electron chi connectivity index (χ0n) is 4.71. The second-order valence-corrected chi connectivity index (χ2v) is 0.428. The standard InChI is InChI=1S/C2N2.2CHNO/c3-1-2-4;2*2-1-3/h;2*2H. The van der Waals surface area contributed by atoms with Crippen LogP contribution in [0.15, 0.2) is 0 Å². The molecule has 0 aromatic heterocycles. The summed E-state index contributed by atoms with van der Waals surface area (Å²) in [5.74, 6) is 0. The first-order valence-corrected chi connectivity index (χ1v) is 1.61. The van der Waals surface area contributed by atoms with Gasteiger partial charge in [0.2, 0.25) is 12.2 Å². The maximum absolute atomic E-state index is 8.35. The normalized spacial score (nSPS) is 2.60. The summed E-state index contributed by atoms with van der Waals surface area (Å²) in [5.41, 5.74) is 0. The lowest BCUT2D eigenvalue weighted by atomic mass is 10.9. The minimum absolute atomic E-state index is 0.750. The van der Waals surface area contributed by atoms with E-state index in [-0.39, 0.29) is 0 Å². The summed E-state index contributed by atoms with van der Waals surface area (Å²) < 4.78 is 0. The Kier molecular flexibility index (Phi) is 115. The first-order valence-electron chi connectivity index (χ1n) is 1.61. The van der Waals surface area contributed by atoms with E-state index in [2.05, 4.69) is 0 Å². The van der Waals surface area contributed by atoms with Crippen molar-refractivity contribution in [1.29, 1.82) is 21.3 Å². The van der Waals surface area contributed by atoms with Gasteiger partial charge in [0.25, 0.3) is 0 Å². The molecule has 6 heteroatoms. The van der Waals surface area contributed by atoms with E-state index in [1.54, 1.807) is 0 Å². The highest BCUT2D eigenvalue weighted by molar-refractivity contribution is 5.26. The summed E-state index contributed by atoms with van der Waals surface area (Å²) in [5, 5.41) is 25.3. The lowest BCUT2D eigenvalue weighted by molar-refractivity contribution is 0.562. The number of nitriles is 2. The monoisotopic (exact) mass is 138 g/mol. The van der Waals surface area contributed by atoms with Gasteiger partial charge in [0.15, 0.2) is 12.1 Å². The summed E-state index contributed by atoms with van der Waals surface area (Å²) >= 11 is 0. The Morgan fingerprint density at radius 1 is 0.900 bits per heavy atom. The van der Waals surface area contributed by atoms with Crippen molar-refractivity contribution in [2.24, 2.45) is 0 Å². The molecule has 0 bridgehead atoms. The summed E-state index contributed by atoms with van der Waals surface area (Å²) in [6.07, 6.45) is 1.50. The SMILES string of the molecule is N#CC#N.N=C=O.N=C=O. The lowest BCUT2D eigenvalue weighted by Gasteiger charge is -1.16. The molecule has 0 atom stereocenters. The molecule has 0 aliphatic rings. The summed E-state index contributed by atoms with van der Waals surface area (Å²) in [7, 11) is 0. The molecule has 0 unspecified atom stereocenters. The average Bonchev–Trinajstić information content (AvgIpc) is 1.91. The van der Waals surface area contributed by atoms with Crippen LogP contribution < -0.4 is 0 Å². The van der Waals surface area contributed by atoms with Crippen molar-refractivity contribution in [3.63, 3.8) is 0 Å². The molecule has 0 aliphatic carbocycles. The summed E-state index contributed by atoms with van der Waals surface area (Å²) in [6.45, 7) is 0. The quantitative estimate of drug-likeness (QED) is 0.355. The van der Waals surface area contributed by atoms with Crippen LogP contribution in [0.3, 0.4) is 0 Å². The van der Waals surface area contributed by atoms with Crippen LogP contribution in [0.2, 0.25) is 0 Å². The van der Waals surface area contributed by atoms with Gasteiger partial charge in [-0.15, -0.1) is 0 Å². The largest absolute Gasteiger partial charge is 0.231 e. The summed E-state index contributed by atoms with van der Waals surface area (Å²) in [4.78, 5) is 16.7. The Bertz CT molecular complexity index is 172.